The van der Waals surface area contributed by atoms with E-state index in [-0.39, 0.29) is 5.75 Å². The van der Waals surface area contributed by atoms with Gasteiger partial charge in [-0.25, -0.2) is 0 Å². The zero-order valence-corrected chi connectivity index (χ0v) is 9.93. The van der Waals surface area contributed by atoms with Crippen LogP contribution in [0, 0.1) is 0 Å². The number of carbonyl (C=O) groups excluding carboxylic acids is 1. The number of carbonyl (C=O) groups is 1. The summed E-state index contributed by atoms with van der Waals surface area (Å²) in [7, 11) is -0.0381. The third-order valence-electron chi connectivity index (χ3n) is 1.55. The second-order valence-corrected chi connectivity index (χ2v) is 4.89. The fraction of sp³-hybridized carbons (Fsp3) is 0.222. The summed E-state index contributed by atoms with van der Waals surface area (Å²) in [6.07, 6.45) is 0. The Bertz CT molecular complexity index is 348. The largest absolute Gasteiger partial charge is 0.468 e. The van der Waals surface area contributed by atoms with Crippen molar-refractivity contribution < 1.29 is 13.7 Å². The fourth-order valence-electron chi connectivity index (χ4n) is 0.836. The van der Waals surface area contributed by atoms with Crippen molar-refractivity contribution in [1.82, 2.24) is 0 Å². The lowest BCUT2D eigenvalue weighted by atomic mass is 10.4. The Morgan fingerprint density at radius 3 is 2.50 bits per heavy atom. The van der Waals surface area contributed by atoms with E-state index in [1.807, 2.05) is 0 Å². The lowest BCUT2D eigenvalue weighted by molar-refractivity contribution is -0.137. The maximum atomic E-state index is 11.5. The van der Waals surface area contributed by atoms with Crippen LogP contribution in [-0.4, -0.2) is 23.0 Å². The van der Waals surface area contributed by atoms with Crippen LogP contribution in [0.1, 0.15) is 0 Å². The molecule has 0 aliphatic carbocycles. The van der Waals surface area contributed by atoms with E-state index < -0.39 is 16.8 Å². The summed E-state index contributed by atoms with van der Waals surface area (Å²) in [5, 5.41) is 0. The van der Waals surface area contributed by atoms with Crippen LogP contribution in [0.4, 0.5) is 0 Å². The minimum absolute atomic E-state index is 0.0991. The van der Waals surface area contributed by atoms with E-state index in [1.54, 1.807) is 24.3 Å². The van der Waals surface area contributed by atoms with Crippen LogP contribution in [0.25, 0.3) is 0 Å². The number of methoxy groups -OCH3 is 1. The van der Waals surface area contributed by atoms with Gasteiger partial charge < -0.3 is 4.74 Å². The summed E-state index contributed by atoms with van der Waals surface area (Å²) < 4.78 is 16.9. The molecule has 0 bridgehead atoms. The summed E-state index contributed by atoms with van der Waals surface area (Å²) in [5.41, 5.74) is 0. The van der Waals surface area contributed by atoms with Gasteiger partial charge in [0.2, 0.25) is 0 Å². The lowest BCUT2D eigenvalue weighted by Gasteiger charge is -2.00. The zero-order valence-electron chi connectivity index (χ0n) is 7.53. The highest BCUT2D eigenvalue weighted by molar-refractivity contribution is 9.10. The van der Waals surface area contributed by atoms with Crippen molar-refractivity contribution in [2.75, 3.05) is 12.9 Å². The molecule has 0 heterocycles. The molecule has 5 heteroatoms. The van der Waals surface area contributed by atoms with Gasteiger partial charge in [-0.3, -0.25) is 9.00 Å². The second-order valence-electron chi connectivity index (χ2n) is 2.52. The molecule has 0 saturated heterocycles. The first-order valence-corrected chi connectivity index (χ1v) is 5.95. The zero-order chi connectivity index (χ0) is 10.6. The number of hydrogen-bond acceptors (Lipinski definition) is 3. The summed E-state index contributed by atoms with van der Waals surface area (Å²) in [5.74, 6) is -0.566. The van der Waals surface area contributed by atoms with Gasteiger partial charge in [-0.1, -0.05) is 15.9 Å². The molecule has 0 aliphatic rings. The lowest BCUT2D eigenvalue weighted by Crippen LogP contribution is -2.11. The van der Waals surface area contributed by atoms with Gasteiger partial charge in [0.1, 0.15) is 5.75 Å². The predicted octanol–water partition coefficient (Wildman–Crippen LogP) is 1.73. The summed E-state index contributed by atoms with van der Waals surface area (Å²) in [6, 6.07) is 6.99. The molecule has 0 aromatic heterocycles. The number of rotatable bonds is 3. The maximum Gasteiger partial charge on any atom is 0.318 e. The number of halogens is 1. The molecule has 0 aliphatic heterocycles. The first-order chi connectivity index (χ1) is 6.63. The van der Waals surface area contributed by atoms with Crippen LogP contribution >= 0.6 is 15.9 Å². The van der Waals surface area contributed by atoms with Crippen molar-refractivity contribution >= 4 is 32.7 Å². The second kappa shape index (κ2) is 5.26. The van der Waals surface area contributed by atoms with Crippen LogP contribution < -0.4 is 0 Å². The summed E-state index contributed by atoms with van der Waals surface area (Å²) in [4.78, 5) is 11.5. The SMILES string of the molecule is COC(=O)C[S@@](=O)c1ccc(Br)cc1. The fourth-order valence-corrected chi connectivity index (χ4v) is 2.04. The Labute approximate surface area is 93.0 Å². The van der Waals surface area contributed by atoms with E-state index in [4.69, 9.17) is 0 Å². The van der Waals surface area contributed by atoms with Crippen molar-refractivity contribution in [2.24, 2.45) is 0 Å². The van der Waals surface area contributed by atoms with Gasteiger partial charge in [-0.05, 0) is 24.3 Å². The Morgan fingerprint density at radius 1 is 1.43 bits per heavy atom. The van der Waals surface area contributed by atoms with Gasteiger partial charge in [0.25, 0.3) is 0 Å². The monoisotopic (exact) mass is 276 g/mol. The smallest absolute Gasteiger partial charge is 0.318 e. The van der Waals surface area contributed by atoms with Gasteiger partial charge >= 0.3 is 5.97 Å². The molecule has 0 N–H and O–H groups in total. The molecule has 76 valence electrons. The third-order valence-corrected chi connectivity index (χ3v) is 3.38. The molecular weight excluding hydrogens is 268 g/mol. The summed E-state index contributed by atoms with van der Waals surface area (Å²) >= 11 is 3.27. The Morgan fingerprint density at radius 2 is 2.00 bits per heavy atom. The number of ether oxygens (including phenoxy) is 1. The molecular formula is C9H9BrO3S. The topological polar surface area (TPSA) is 43.4 Å². The molecule has 1 aromatic carbocycles. The standard InChI is InChI=1S/C9H9BrO3S/c1-13-9(11)6-14(12)8-4-2-7(10)3-5-8/h2-5H,6H2,1H3/t14-/m1/s1. The van der Waals surface area contributed by atoms with E-state index in [2.05, 4.69) is 20.7 Å². The van der Waals surface area contributed by atoms with Gasteiger partial charge in [-0.15, -0.1) is 0 Å². The number of esters is 1. The van der Waals surface area contributed by atoms with Crippen molar-refractivity contribution in [3.8, 4) is 0 Å². The Kier molecular flexibility index (Phi) is 4.28. The van der Waals surface area contributed by atoms with Crippen LogP contribution in [0.5, 0.6) is 0 Å². The van der Waals surface area contributed by atoms with Gasteiger partial charge in [-0.2, -0.15) is 0 Å². The molecule has 1 atom stereocenters. The number of hydrogen-bond donors (Lipinski definition) is 0. The molecule has 0 spiro atoms. The van der Waals surface area contributed by atoms with Crippen molar-refractivity contribution in [2.45, 2.75) is 4.90 Å². The van der Waals surface area contributed by atoms with Crippen molar-refractivity contribution in [3.05, 3.63) is 28.7 Å². The van der Waals surface area contributed by atoms with E-state index >= 15 is 0 Å². The maximum absolute atomic E-state index is 11.5. The van der Waals surface area contributed by atoms with Crippen LogP contribution in [-0.2, 0) is 20.3 Å². The van der Waals surface area contributed by atoms with Crippen LogP contribution in [0.15, 0.2) is 33.6 Å². The van der Waals surface area contributed by atoms with Crippen molar-refractivity contribution in [3.63, 3.8) is 0 Å². The quantitative estimate of drug-likeness (QED) is 0.790. The van der Waals surface area contributed by atoms with Gasteiger partial charge in [0, 0.05) is 9.37 Å². The van der Waals surface area contributed by atoms with Crippen molar-refractivity contribution in [1.29, 1.82) is 0 Å². The van der Waals surface area contributed by atoms with E-state index in [1.165, 1.54) is 7.11 Å². The molecule has 0 fully saturated rings. The Hall–Kier alpha value is -0.680. The molecule has 1 rings (SSSR count). The number of benzene rings is 1. The van der Waals surface area contributed by atoms with Gasteiger partial charge in [0.15, 0.2) is 0 Å². The average Bonchev–Trinajstić information content (AvgIpc) is 2.18. The van der Waals surface area contributed by atoms with E-state index in [0.717, 1.165) is 4.47 Å². The molecule has 14 heavy (non-hydrogen) atoms. The summed E-state index contributed by atoms with van der Waals surface area (Å²) in [6.45, 7) is 0. The first-order valence-electron chi connectivity index (χ1n) is 3.84. The van der Waals surface area contributed by atoms with Crippen LogP contribution in [0.2, 0.25) is 0 Å². The first kappa shape index (κ1) is 11.4. The van der Waals surface area contributed by atoms with Crippen LogP contribution in [0.3, 0.4) is 0 Å². The molecule has 0 unspecified atom stereocenters. The average molecular weight is 277 g/mol. The minimum Gasteiger partial charge on any atom is -0.468 e. The van der Waals surface area contributed by atoms with E-state index in [0.29, 0.717) is 4.90 Å². The minimum atomic E-state index is -1.32. The highest BCUT2D eigenvalue weighted by atomic mass is 79.9. The molecule has 3 nitrogen and oxygen atoms in total. The predicted molar refractivity (Wildman–Crippen MR) is 57.4 cm³/mol. The van der Waals surface area contributed by atoms with E-state index in [9.17, 15) is 9.00 Å². The molecule has 0 amide bonds. The highest BCUT2D eigenvalue weighted by Crippen LogP contribution is 2.13. The molecule has 1 aromatic rings. The molecule has 0 radical (unpaired) electrons. The third kappa shape index (κ3) is 3.23. The normalized spacial score (nSPS) is 12.1. The highest BCUT2D eigenvalue weighted by Gasteiger charge is 2.09. The Balaban J connectivity index is 2.70. The van der Waals surface area contributed by atoms with Gasteiger partial charge in [0.05, 0.1) is 17.9 Å². The molecule has 0 saturated carbocycles.